The molecule has 0 fully saturated rings. The lowest BCUT2D eigenvalue weighted by Crippen LogP contribution is -2.46. The zero-order valence-corrected chi connectivity index (χ0v) is 29.3. The predicted octanol–water partition coefficient (Wildman–Crippen LogP) is 12.6. The van der Waals surface area contributed by atoms with Crippen molar-refractivity contribution in [3.8, 4) is 0 Å². The molecule has 0 aromatic rings. The van der Waals surface area contributed by atoms with Gasteiger partial charge in [-0.25, -0.2) is 4.57 Å². The van der Waals surface area contributed by atoms with Gasteiger partial charge in [-0.15, -0.1) is 0 Å². The molecule has 47 heavy (non-hydrogen) atoms. The Morgan fingerprint density at radius 3 is 0.617 bits per heavy atom. The molecule has 0 spiro atoms. The van der Waals surface area contributed by atoms with E-state index in [1.807, 2.05) is 0 Å². The molecule has 0 atom stereocenters. The van der Waals surface area contributed by atoms with Crippen LogP contribution in [0, 0.1) is 0 Å². The SMILES string of the molecule is C[Si](C)(OP(=O)(O[Si](C)(C)C(CC(F)(F)F)CC(F)(F)F)O[Si](C)(C)C(CC(F)(F)F)CC(F)(F)F)C(CC(F)(F)F)CC(F)(F)F. The van der Waals surface area contributed by atoms with E-state index in [9.17, 15) is 83.6 Å². The Balaban J connectivity index is 7.33. The first-order valence-corrected chi connectivity index (χ1v) is 23.6. The van der Waals surface area contributed by atoms with Gasteiger partial charge in [-0.1, -0.05) is 0 Å². The van der Waals surface area contributed by atoms with Crippen LogP contribution in [0.2, 0.25) is 55.9 Å². The fourth-order valence-electron chi connectivity index (χ4n) is 4.51. The van der Waals surface area contributed by atoms with Crippen molar-refractivity contribution in [3.05, 3.63) is 0 Å². The summed E-state index contributed by atoms with van der Waals surface area (Å²) in [5.41, 5.74) is -7.96. The lowest BCUT2D eigenvalue weighted by atomic mass is 10.2. The average Bonchev–Trinajstić information content (AvgIpc) is 2.64. The molecule has 0 amide bonds. The Kier molecular flexibility index (Phi) is 14.8. The van der Waals surface area contributed by atoms with E-state index >= 15 is 0 Å². The quantitative estimate of drug-likeness (QED) is 0.0939. The van der Waals surface area contributed by atoms with Crippen LogP contribution >= 0.6 is 7.82 Å². The molecule has 0 radical (unpaired) electrons. The summed E-state index contributed by atoms with van der Waals surface area (Å²) in [5, 5.41) is 0. The predicted molar refractivity (Wildman–Crippen MR) is 139 cm³/mol. The third-order valence-corrected chi connectivity index (χ3v) is 22.3. The standard InChI is InChI=1S/C21H33F18O4PSi3/c1-45(2,13(7-16(22,23)24)8-17(25,26)27)41-44(40,42-46(3,4)14(9-18(28,29)30)10-19(31,32)33)43-47(5,6)15(11-20(34,35)36)12-21(37,38)39/h13-15H,7-12H2,1-6H3. The number of halogens is 18. The Morgan fingerprint density at radius 1 is 0.383 bits per heavy atom. The van der Waals surface area contributed by atoms with Crippen molar-refractivity contribution >= 4 is 32.8 Å². The van der Waals surface area contributed by atoms with Crippen LogP contribution in [0.4, 0.5) is 79.0 Å². The van der Waals surface area contributed by atoms with Crippen LogP contribution < -0.4 is 0 Å². The molecule has 284 valence electrons. The minimum atomic E-state index is -6.16. The normalized spacial score (nSPS) is 15.8. The van der Waals surface area contributed by atoms with Gasteiger partial charge < -0.3 is 12.6 Å². The second kappa shape index (κ2) is 15.0. The Morgan fingerprint density at radius 2 is 0.511 bits per heavy atom. The van der Waals surface area contributed by atoms with E-state index in [1.165, 1.54) is 0 Å². The van der Waals surface area contributed by atoms with Crippen molar-refractivity contribution in [2.45, 2.75) is 131 Å². The van der Waals surface area contributed by atoms with Crippen molar-refractivity contribution in [1.82, 2.24) is 0 Å². The van der Waals surface area contributed by atoms with Crippen LogP contribution in [0.5, 0.6) is 0 Å². The first kappa shape index (κ1) is 46.5. The van der Waals surface area contributed by atoms with Crippen LogP contribution in [0.25, 0.3) is 0 Å². The summed E-state index contributed by atoms with van der Waals surface area (Å²) in [7, 11) is -21.0. The minimum absolute atomic E-state index is 0.559. The lowest BCUT2D eigenvalue weighted by molar-refractivity contribution is -0.159. The van der Waals surface area contributed by atoms with Gasteiger partial charge >= 0.3 is 44.9 Å². The van der Waals surface area contributed by atoms with Crippen LogP contribution in [-0.2, 0) is 17.2 Å². The molecular formula is C21H33F18O4PSi3. The van der Waals surface area contributed by atoms with Gasteiger partial charge in [0.25, 0.3) is 0 Å². The molecule has 0 aliphatic carbocycles. The summed E-state index contributed by atoms with van der Waals surface area (Å²) in [6.45, 7) is 3.35. The summed E-state index contributed by atoms with van der Waals surface area (Å²) in [4.78, 5) is 0. The van der Waals surface area contributed by atoms with Crippen LogP contribution in [0.1, 0.15) is 38.5 Å². The van der Waals surface area contributed by atoms with Crippen LogP contribution in [-0.4, -0.2) is 62.0 Å². The summed E-state index contributed by atoms with van der Waals surface area (Å²) in [6.07, 6.45) is -45.9. The highest BCUT2D eigenvalue weighted by Crippen LogP contribution is 2.62. The van der Waals surface area contributed by atoms with E-state index in [2.05, 4.69) is 0 Å². The molecule has 0 rings (SSSR count). The molecule has 0 unspecified atom stereocenters. The summed E-state index contributed by atoms with van der Waals surface area (Å²) in [6, 6.07) is 0. The first-order chi connectivity index (χ1) is 20.1. The van der Waals surface area contributed by atoms with E-state index in [0.29, 0.717) is 39.3 Å². The third kappa shape index (κ3) is 20.1. The fourth-order valence-corrected chi connectivity index (χ4v) is 19.0. The van der Waals surface area contributed by atoms with Gasteiger partial charge in [0.05, 0.1) is 0 Å². The first-order valence-electron chi connectivity index (χ1n) is 13.2. The van der Waals surface area contributed by atoms with Gasteiger partial charge in [0.2, 0.25) is 25.0 Å². The zero-order chi connectivity index (χ0) is 38.1. The molecule has 0 aromatic carbocycles. The number of hydrogen-bond acceptors (Lipinski definition) is 4. The van der Waals surface area contributed by atoms with Crippen molar-refractivity contribution in [2.24, 2.45) is 0 Å². The van der Waals surface area contributed by atoms with Crippen molar-refractivity contribution in [2.75, 3.05) is 0 Å². The van der Waals surface area contributed by atoms with Gasteiger partial charge in [-0.2, -0.15) is 79.0 Å². The van der Waals surface area contributed by atoms with Crippen LogP contribution in [0.3, 0.4) is 0 Å². The zero-order valence-electron chi connectivity index (χ0n) is 25.4. The van der Waals surface area contributed by atoms with Gasteiger partial charge in [-0.05, 0) is 55.9 Å². The Hall–Kier alpha value is -0.499. The Labute approximate surface area is 260 Å². The molecule has 0 N–H and O–H groups in total. The molecule has 0 saturated carbocycles. The monoisotopic (exact) mass is 806 g/mol. The van der Waals surface area contributed by atoms with Crippen LogP contribution in [0.15, 0.2) is 0 Å². The molecule has 0 aliphatic heterocycles. The maximum atomic E-state index is 14.1. The van der Waals surface area contributed by atoms with E-state index in [1.54, 1.807) is 0 Å². The van der Waals surface area contributed by atoms with E-state index < -0.39 is 125 Å². The van der Waals surface area contributed by atoms with E-state index in [0.717, 1.165) is 0 Å². The molecule has 0 heterocycles. The smallest absolute Gasteiger partial charge is 0.331 e. The summed E-state index contributed by atoms with van der Waals surface area (Å²) in [5.74, 6) is 0. The minimum Gasteiger partial charge on any atom is -0.331 e. The van der Waals surface area contributed by atoms with Crippen molar-refractivity contribution < 1.29 is 96.2 Å². The fraction of sp³-hybridized carbons (Fsp3) is 1.00. The number of phosphoric acid groups is 1. The Bertz CT molecular complexity index is 872. The largest absolute Gasteiger partial charge is 0.445 e. The number of hydrogen-bond donors (Lipinski definition) is 0. The highest BCUT2D eigenvalue weighted by atomic mass is 31.2. The molecule has 0 aliphatic rings. The maximum absolute atomic E-state index is 14.1. The van der Waals surface area contributed by atoms with E-state index in [-0.39, 0.29) is 0 Å². The second-order valence-electron chi connectivity index (χ2n) is 12.5. The average molecular weight is 807 g/mol. The third-order valence-electron chi connectivity index (χ3n) is 6.86. The topological polar surface area (TPSA) is 44.8 Å². The highest BCUT2D eigenvalue weighted by molar-refractivity contribution is 7.53. The number of alkyl halides is 18. The molecular weight excluding hydrogens is 773 g/mol. The second-order valence-corrected chi connectivity index (χ2v) is 27.7. The van der Waals surface area contributed by atoms with Crippen molar-refractivity contribution in [3.63, 3.8) is 0 Å². The van der Waals surface area contributed by atoms with E-state index in [4.69, 9.17) is 12.6 Å². The van der Waals surface area contributed by atoms with Gasteiger partial charge in [-0.3, -0.25) is 0 Å². The molecule has 0 bridgehead atoms. The lowest BCUT2D eigenvalue weighted by Gasteiger charge is -2.43. The molecule has 4 nitrogen and oxygen atoms in total. The molecule has 0 aromatic heterocycles. The summed E-state index contributed by atoms with van der Waals surface area (Å²) < 4.78 is 268. The highest BCUT2D eigenvalue weighted by Gasteiger charge is 2.57. The van der Waals surface area contributed by atoms with Gasteiger partial charge in [0.15, 0.2) is 0 Å². The van der Waals surface area contributed by atoms with Gasteiger partial charge in [0, 0.05) is 38.5 Å². The maximum Gasteiger partial charge on any atom is 0.445 e. The molecule has 0 saturated heterocycles. The number of rotatable bonds is 15. The molecule has 26 heteroatoms. The van der Waals surface area contributed by atoms with Crippen molar-refractivity contribution in [1.29, 1.82) is 0 Å². The summed E-state index contributed by atoms with van der Waals surface area (Å²) >= 11 is 0. The van der Waals surface area contributed by atoms with Gasteiger partial charge in [0.1, 0.15) is 0 Å².